The van der Waals surface area contributed by atoms with E-state index in [1.54, 1.807) is 12.3 Å². The molecule has 0 saturated carbocycles. The molecule has 1 amide bonds. The molecule has 4 rings (SSSR count). The maximum absolute atomic E-state index is 12.2. The number of carbonyl (C=O) groups is 1. The van der Waals surface area contributed by atoms with Gasteiger partial charge in [0.15, 0.2) is 0 Å². The van der Waals surface area contributed by atoms with Gasteiger partial charge in [0.2, 0.25) is 0 Å². The number of nitrogens with zero attached hydrogens (tertiary/aromatic N) is 2. The van der Waals surface area contributed by atoms with Crippen LogP contribution in [-0.4, -0.2) is 28.1 Å². The van der Waals surface area contributed by atoms with Crippen molar-refractivity contribution in [3.05, 3.63) is 55.8 Å². The van der Waals surface area contributed by atoms with E-state index in [1.807, 2.05) is 18.2 Å². The van der Waals surface area contributed by atoms with E-state index in [2.05, 4.69) is 57.7 Å². The monoisotopic (exact) mass is 495 g/mol. The molecule has 0 atom stereocenters. The van der Waals surface area contributed by atoms with Crippen molar-refractivity contribution in [1.29, 1.82) is 0 Å². The van der Waals surface area contributed by atoms with Gasteiger partial charge >= 0.3 is 0 Å². The minimum Gasteiger partial charge on any atom is -0.350 e. The number of hydrogen-bond acceptors (Lipinski definition) is 4. The third-order valence-corrected chi connectivity index (χ3v) is 6.23. The number of pyridine rings is 1. The lowest BCUT2D eigenvalue weighted by Gasteiger charge is -2.08. The summed E-state index contributed by atoms with van der Waals surface area (Å²) in [4.78, 5) is 19.6. The van der Waals surface area contributed by atoms with Crippen LogP contribution in [0.15, 0.2) is 44.6 Å². The van der Waals surface area contributed by atoms with Gasteiger partial charge in [0, 0.05) is 35.1 Å². The SMILES string of the molecule is O=C1NCC/C(=N\Nc2ccnc3cc(Cl)ccc23)c2c1[nH]c(Br)c2Br. The van der Waals surface area contributed by atoms with Crippen LogP contribution in [0, 0.1) is 0 Å². The quantitative estimate of drug-likeness (QED) is 0.449. The Morgan fingerprint density at radius 3 is 2.96 bits per heavy atom. The van der Waals surface area contributed by atoms with Gasteiger partial charge in [-0.1, -0.05) is 11.6 Å². The predicted octanol–water partition coefficient (Wildman–Crippen LogP) is 4.69. The van der Waals surface area contributed by atoms with E-state index < -0.39 is 0 Å². The van der Waals surface area contributed by atoms with Crippen LogP contribution in [0.25, 0.3) is 10.9 Å². The van der Waals surface area contributed by atoms with Crippen molar-refractivity contribution in [3.8, 4) is 0 Å². The van der Waals surface area contributed by atoms with Crippen LogP contribution in [0.5, 0.6) is 0 Å². The Morgan fingerprint density at radius 1 is 1.27 bits per heavy atom. The molecule has 132 valence electrons. The number of anilines is 1. The summed E-state index contributed by atoms with van der Waals surface area (Å²) in [6.07, 6.45) is 2.30. The number of carbonyl (C=O) groups excluding carboxylic acids is 1. The third-order valence-electron chi connectivity index (χ3n) is 4.08. The number of hydrazone groups is 1. The van der Waals surface area contributed by atoms with Crippen LogP contribution in [0.4, 0.5) is 5.69 Å². The Labute approximate surface area is 170 Å². The van der Waals surface area contributed by atoms with Crippen molar-refractivity contribution in [3.63, 3.8) is 0 Å². The fraction of sp³-hybridized carbons (Fsp3) is 0.118. The summed E-state index contributed by atoms with van der Waals surface area (Å²) in [6, 6.07) is 7.38. The molecular weight excluding hydrogens is 485 g/mol. The molecule has 0 saturated heterocycles. The lowest BCUT2D eigenvalue weighted by Crippen LogP contribution is -2.23. The van der Waals surface area contributed by atoms with Crippen LogP contribution in [0.2, 0.25) is 5.02 Å². The van der Waals surface area contributed by atoms with Gasteiger partial charge in [-0.25, -0.2) is 0 Å². The number of aromatic nitrogens is 2. The summed E-state index contributed by atoms with van der Waals surface area (Å²) in [6.45, 7) is 0.513. The Balaban J connectivity index is 1.76. The fourth-order valence-corrected chi connectivity index (χ4v) is 3.94. The number of benzene rings is 1. The molecule has 9 heteroatoms. The number of fused-ring (bicyclic) bond motifs is 2. The molecule has 3 N–H and O–H groups in total. The molecule has 3 heterocycles. The standard InChI is InChI=1S/C17H12Br2ClN5O/c18-14-13-11(4-6-22-17(26)15(13)23-16(14)19)25-24-10-3-5-21-12-7-8(20)1-2-9(10)12/h1-3,5,7,23H,4,6H2,(H,21,24)(H,22,26)/b25-11+. The summed E-state index contributed by atoms with van der Waals surface area (Å²) >= 11 is 13.0. The Hall–Kier alpha value is -1.90. The second-order valence-corrected chi connectivity index (χ2v) is 7.72. The van der Waals surface area contributed by atoms with Crippen LogP contribution >= 0.6 is 43.5 Å². The molecule has 0 bridgehead atoms. The second kappa shape index (κ2) is 7.02. The van der Waals surface area contributed by atoms with Crippen molar-refractivity contribution >= 4 is 71.7 Å². The Kier molecular flexibility index (Phi) is 4.73. The van der Waals surface area contributed by atoms with Crippen molar-refractivity contribution in [2.24, 2.45) is 5.10 Å². The minimum absolute atomic E-state index is 0.152. The van der Waals surface area contributed by atoms with Crippen LogP contribution < -0.4 is 10.7 Å². The highest BCUT2D eigenvalue weighted by Gasteiger charge is 2.26. The topological polar surface area (TPSA) is 82.2 Å². The van der Waals surface area contributed by atoms with E-state index in [-0.39, 0.29) is 5.91 Å². The van der Waals surface area contributed by atoms with Gasteiger partial charge < -0.3 is 10.3 Å². The van der Waals surface area contributed by atoms with Gasteiger partial charge in [0.25, 0.3) is 5.91 Å². The van der Waals surface area contributed by atoms with Crippen molar-refractivity contribution in [2.45, 2.75) is 6.42 Å². The molecule has 2 aromatic heterocycles. The number of aromatic amines is 1. The number of hydrogen-bond donors (Lipinski definition) is 3. The summed E-state index contributed by atoms with van der Waals surface area (Å²) in [5.41, 5.74) is 6.71. The predicted molar refractivity (Wildman–Crippen MR) is 110 cm³/mol. The highest BCUT2D eigenvalue weighted by atomic mass is 79.9. The summed E-state index contributed by atoms with van der Waals surface area (Å²) in [7, 11) is 0. The lowest BCUT2D eigenvalue weighted by atomic mass is 10.1. The van der Waals surface area contributed by atoms with Gasteiger partial charge in [-0.2, -0.15) is 5.10 Å². The van der Waals surface area contributed by atoms with Crippen molar-refractivity contribution in [2.75, 3.05) is 12.0 Å². The second-order valence-electron chi connectivity index (χ2n) is 5.70. The normalized spacial score (nSPS) is 15.7. The van der Waals surface area contributed by atoms with Crippen LogP contribution in [0.1, 0.15) is 22.5 Å². The molecule has 0 unspecified atom stereocenters. The van der Waals surface area contributed by atoms with Crippen molar-refractivity contribution in [1.82, 2.24) is 15.3 Å². The van der Waals surface area contributed by atoms with E-state index in [4.69, 9.17) is 11.6 Å². The number of nitrogens with one attached hydrogen (secondary N) is 3. The first-order valence-corrected chi connectivity index (χ1v) is 9.73. The first kappa shape index (κ1) is 17.5. The molecule has 0 spiro atoms. The lowest BCUT2D eigenvalue weighted by molar-refractivity contribution is 0.0951. The van der Waals surface area contributed by atoms with Gasteiger partial charge in [-0.15, -0.1) is 0 Å². The summed E-state index contributed by atoms with van der Waals surface area (Å²) < 4.78 is 1.48. The highest BCUT2D eigenvalue weighted by Crippen LogP contribution is 2.32. The van der Waals surface area contributed by atoms with E-state index in [0.717, 1.165) is 32.3 Å². The molecule has 1 aromatic carbocycles. The first-order chi connectivity index (χ1) is 12.5. The number of amides is 1. The zero-order chi connectivity index (χ0) is 18.3. The molecule has 3 aromatic rings. The van der Waals surface area contributed by atoms with Crippen molar-refractivity contribution < 1.29 is 4.79 Å². The smallest absolute Gasteiger partial charge is 0.268 e. The van der Waals surface area contributed by atoms with Crippen LogP contribution in [0.3, 0.4) is 0 Å². The average molecular weight is 498 g/mol. The Morgan fingerprint density at radius 2 is 2.12 bits per heavy atom. The van der Waals surface area contributed by atoms with E-state index in [9.17, 15) is 4.79 Å². The van der Waals surface area contributed by atoms with E-state index in [0.29, 0.717) is 28.3 Å². The van der Waals surface area contributed by atoms with Gasteiger partial charge in [0.05, 0.1) is 26.0 Å². The first-order valence-electron chi connectivity index (χ1n) is 7.77. The van der Waals surface area contributed by atoms with E-state index >= 15 is 0 Å². The zero-order valence-electron chi connectivity index (χ0n) is 13.2. The van der Waals surface area contributed by atoms with Gasteiger partial charge in [0.1, 0.15) is 5.69 Å². The number of halogens is 3. The molecular formula is C17H12Br2ClN5O. The molecule has 6 nitrogen and oxygen atoms in total. The number of rotatable bonds is 2. The van der Waals surface area contributed by atoms with Gasteiger partial charge in [-0.05, 0) is 56.1 Å². The molecule has 0 fully saturated rings. The van der Waals surface area contributed by atoms with Gasteiger partial charge in [-0.3, -0.25) is 15.2 Å². The maximum Gasteiger partial charge on any atom is 0.268 e. The number of H-pyrrole nitrogens is 1. The minimum atomic E-state index is -0.152. The third kappa shape index (κ3) is 3.13. The average Bonchev–Trinajstić information content (AvgIpc) is 2.83. The molecule has 0 radical (unpaired) electrons. The molecule has 1 aliphatic rings. The highest BCUT2D eigenvalue weighted by molar-refractivity contribution is 9.13. The molecule has 0 aliphatic carbocycles. The fourth-order valence-electron chi connectivity index (χ4n) is 2.85. The molecule has 1 aliphatic heterocycles. The summed E-state index contributed by atoms with van der Waals surface area (Å²) in [5, 5.41) is 8.99. The zero-order valence-corrected chi connectivity index (χ0v) is 17.2. The molecule has 26 heavy (non-hydrogen) atoms. The Bertz CT molecular complexity index is 1060. The van der Waals surface area contributed by atoms with E-state index in [1.165, 1.54) is 0 Å². The maximum atomic E-state index is 12.2. The summed E-state index contributed by atoms with van der Waals surface area (Å²) in [5.74, 6) is -0.152. The largest absolute Gasteiger partial charge is 0.350 e. The van der Waals surface area contributed by atoms with Crippen LogP contribution in [-0.2, 0) is 0 Å².